The van der Waals surface area contributed by atoms with Crippen molar-refractivity contribution in [2.75, 3.05) is 6.61 Å². The minimum absolute atomic E-state index is 0.266. The lowest BCUT2D eigenvalue weighted by molar-refractivity contribution is 0.257. The van der Waals surface area contributed by atoms with E-state index in [1.807, 2.05) is 0 Å². The summed E-state index contributed by atoms with van der Waals surface area (Å²) < 4.78 is 0. The number of rotatable bonds is 6. The molecule has 0 aromatic carbocycles. The lowest BCUT2D eigenvalue weighted by Crippen LogP contribution is -2.31. The van der Waals surface area contributed by atoms with E-state index in [1.54, 1.807) is 11.3 Å². The van der Waals surface area contributed by atoms with Crippen molar-refractivity contribution in [3.8, 4) is 0 Å². The Kier molecular flexibility index (Phi) is 5.15. The zero-order valence-electron chi connectivity index (χ0n) is 8.86. The zero-order valence-corrected chi connectivity index (χ0v) is 9.68. The highest BCUT2D eigenvalue weighted by Gasteiger charge is 2.11. The topological polar surface area (TPSA) is 32.3 Å². The Morgan fingerprint density at radius 3 is 2.86 bits per heavy atom. The molecule has 1 heterocycles. The van der Waals surface area contributed by atoms with Crippen LogP contribution in [0.5, 0.6) is 0 Å². The first-order valence-electron chi connectivity index (χ1n) is 5.17. The van der Waals surface area contributed by atoms with Gasteiger partial charge < -0.3 is 10.4 Å². The van der Waals surface area contributed by atoms with Gasteiger partial charge in [-0.05, 0) is 42.2 Å². The fourth-order valence-electron chi connectivity index (χ4n) is 1.53. The van der Waals surface area contributed by atoms with E-state index in [0.717, 1.165) is 12.8 Å². The third-order valence-electron chi connectivity index (χ3n) is 2.50. The van der Waals surface area contributed by atoms with Gasteiger partial charge in [-0.25, -0.2) is 0 Å². The monoisotopic (exact) mass is 213 g/mol. The molecule has 1 rings (SSSR count). The molecule has 1 aromatic rings. The average molecular weight is 213 g/mol. The Morgan fingerprint density at radius 1 is 1.57 bits per heavy atom. The first-order chi connectivity index (χ1) is 6.77. The van der Waals surface area contributed by atoms with Gasteiger partial charge in [-0.3, -0.25) is 0 Å². The molecule has 0 amide bonds. The summed E-state index contributed by atoms with van der Waals surface area (Å²) in [5.41, 5.74) is 1.34. The predicted molar refractivity (Wildman–Crippen MR) is 61.7 cm³/mol. The summed E-state index contributed by atoms with van der Waals surface area (Å²) in [5.74, 6) is 0. The quantitative estimate of drug-likeness (QED) is 0.761. The largest absolute Gasteiger partial charge is 0.396 e. The van der Waals surface area contributed by atoms with Crippen molar-refractivity contribution >= 4 is 11.3 Å². The average Bonchev–Trinajstić information content (AvgIpc) is 2.69. The molecule has 0 fully saturated rings. The lowest BCUT2D eigenvalue weighted by atomic mass is 10.1. The van der Waals surface area contributed by atoms with Crippen molar-refractivity contribution in [2.45, 2.75) is 38.8 Å². The third kappa shape index (κ3) is 3.40. The molecule has 0 saturated carbocycles. The Balaban J connectivity index is 2.42. The van der Waals surface area contributed by atoms with Gasteiger partial charge in [0.15, 0.2) is 0 Å². The predicted octanol–water partition coefficient (Wildman–Crippen LogP) is 2.56. The van der Waals surface area contributed by atoms with Crippen molar-refractivity contribution in [2.24, 2.45) is 0 Å². The second kappa shape index (κ2) is 6.17. The summed E-state index contributed by atoms with van der Waals surface area (Å²) in [7, 11) is 0. The van der Waals surface area contributed by atoms with E-state index in [1.165, 1.54) is 5.56 Å². The molecule has 80 valence electrons. The summed E-state index contributed by atoms with van der Waals surface area (Å²) in [4.78, 5) is 0. The van der Waals surface area contributed by atoms with Gasteiger partial charge in [0.05, 0.1) is 0 Å². The van der Waals surface area contributed by atoms with Crippen molar-refractivity contribution in [1.29, 1.82) is 0 Å². The molecule has 0 aliphatic carbocycles. The molecule has 2 nitrogen and oxygen atoms in total. The molecule has 3 heteroatoms. The van der Waals surface area contributed by atoms with Crippen molar-refractivity contribution in [3.05, 3.63) is 22.4 Å². The molecule has 0 bridgehead atoms. The summed E-state index contributed by atoms with van der Waals surface area (Å²) in [6.07, 6.45) is 1.90. The van der Waals surface area contributed by atoms with E-state index >= 15 is 0 Å². The van der Waals surface area contributed by atoms with Crippen LogP contribution >= 0.6 is 11.3 Å². The van der Waals surface area contributed by atoms with Crippen LogP contribution in [0.15, 0.2) is 16.8 Å². The van der Waals surface area contributed by atoms with E-state index in [9.17, 15) is 0 Å². The Bertz CT molecular complexity index is 235. The van der Waals surface area contributed by atoms with Gasteiger partial charge in [-0.15, -0.1) is 0 Å². The van der Waals surface area contributed by atoms with Crippen molar-refractivity contribution in [3.63, 3.8) is 0 Å². The number of thiophene rings is 1. The second-order valence-corrected chi connectivity index (χ2v) is 4.34. The number of nitrogens with one attached hydrogen (secondary N) is 1. The van der Waals surface area contributed by atoms with E-state index in [2.05, 4.69) is 36.0 Å². The van der Waals surface area contributed by atoms with Gasteiger partial charge in [-0.2, -0.15) is 11.3 Å². The Morgan fingerprint density at radius 2 is 2.36 bits per heavy atom. The molecule has 0 saturated heterocycles. The van der Waals surface area contributed by atoms with Crippen LogP contribution in [-0.4, -0.2) is 17.8 Å². The van der Waals surface area contributed by atoms with Crippen LogP contribution in [0.2, 0.25) is 0 Å². The van der Waals surface area contributed by atoms with Crippen molar-refractivity contribution in [1.82, 2.24) is 5.32 Å². The van der Waals surface area contributed by atoms with Crippen LogP contribution in [0.4, 0.5) is 0 Å². The van der Waals surface area contributed by atoms with Gasteiger partial charge in [-0.1, -0.05) is 6.92 Å². The highest BCUT2D eigenvalue weighted by molar-refractivity contribution is 7.07. The minimum atomic E-state index is 0.266. The molecule has 0 spiro atoms. The fourth-order valence-corrected chi connectivity index (χ4v) is 2.29. The van der Waals surface area contributed by atoms with Crippen LogP contribution in [0, 0.1) is 0 Å². The molecular weight excluding hydrogens is 194 g/mol. The zero-order chi connectivity index (χ0) is 10.4. The molecular formula is C11H19NOS. The van der Waals surface area contributed by atoms with Gasteiger partial charge >= 0.3 is 0 Å². The number of hydrogen-bond acceptors (Lipinski definition) is 3. The standard InChI is InChI=1S/C11H19NOS/c1-3-11(4-6-13)12-9(2)10-5-7-14-8-10/h5,7-9,11-13H,3-4,6H2,1-2H3. The maximum absolute atomic E-state index is 8.87. The summed E-state index contributed by atoms with van der Waals surface area (Å²) >= 11 is 1.73. The summed E-state index contributed by atoms with van der Waals surface area (Å²) in [5, 5.41) is 16.7. The molecule has 2 atom stereocenters. The maximum Gasteiger partial charge on any atom is 0.0445 e. The summed E-state index contributed by atoms with van der Waals surface area (Å²) in [6, 6.07) is 2.96. The lowest BCUT2D eigenvalue weighted by Gasteiger charge is -2.21. The van der Waals surface area contributed by atoms with E-state index in [4.69, 9.17) is 5.11 Å². The van der Waals surface area contributed by atoms with Gasteiger partial charge in [0.25, 0.3) is 0 Å². The number of aliphatic hydroxyl groups excluding tert-OH is 1. The van der Waals surface area contributed by atoms with Gasteiger partial charge in [0.1, 0.15) is 0 Å². The molecule has 2 N–H and O–H groups in total. The molecule has 1 aromatic heterocycles. The van der Waals surface area contributed by atoms with Crippen LogP contribution in [0.25, 0.3) is 0 Å². The smallest absolute Gasteiger partial charge is 0.0445 e. The van der Waals surface area contributed by atoms with Crippen LogP contribution in [0.1, 0.15) is 38.3 Å². The highest BCUT2D eigenvalue weighted by Crippen LogP contribution is 2.17. The van der Waals surface area contributed by atoms with Crippen LogP contribution in [0.3, 0.4) is 0 Å². The first kappa shape index (κ1) is 11.7. The first-order valence-corrected chi connectivity index (χ1v) is 6.11. The molecule has 0 aliphatic heterocycles. The number of aliphatic hydroxyl groups is 1. The van der Waals surface area contributed by atoms with E-state index in [0.29, 0.717) is 12.1 Å². The van der Waals surface area contributed by atoms with Gasteiger partial charge in [0, 0.05) is 18.7 Å². The van der Waals surface area contributed by atoms with Crippen LogP contribution < -0.4 is 5.32 Å². The van der Waals surface area contributed by atoms with E-state index < -0.39 is 0 Å². The normalized spacial score (nSPS) is 15.4. The summed E-state index contributed by atoms with van der Waals surface area (Å²) in [6.45, 7) is 4.58. The van der Waals surface area contributed by atoms with Gasteiger partial charge in [0.2, 0.25) is 0 Å². The van der Waals surface area contributed by atoms with E-state index in [-0.39, 0.29) is 6.61 Å². The molecule has 2 unspecified atom stereocenters. The highest BCUT2D eigenvalue weighted by atomic mass is 32.1. The Hall–Kier alpha value is -0.380. The van der Waals surface area contributed by atoms with Crippen molar-refractivity contribution < 1.29 is 5.11 Å². The number of hydrogen-bond donors (Lipinski definition) is 2. The minimum Gasteiger partial charge on any atom is -0.396 e. The molecule has 14 heavy (non-hydrogen) atoms. The molecule has 0 radical (unpaired) electrons. The maximum atomic E-state index is 8.87. The fraction of sp³-hybridized carbons (Fsp3) is 0.636. The second-order valence-electron chi connectivity index (χ2n) is 3.56. The third-order valence-corrected chi connectivity index (χ3v) is 3.20. The van der Waals surface area contributed by atoms with Crippen LogP contribution in [-0.2, 0) is 0 Å². The molecule has 0 aliphatic rings. The SMILES string of the molecule is CCC(CCO)NC(C)c1ccsc1. The Labute approximate surface area is 90.0 Å².